The predicted octanol–water partition coefficient (Wildman–Crippen LogP) is 3.73. The van der Waals surface area contributed by atoms with E-state index in [0.717, 1.165) is 37.6 Å². The van der Waals surface area contributed by atoms with Crippen molar-refractivity contribution < 1.29 is 23.8 Å². The van der Waals surface area contributed by atoms with Gasteiger partial charge >= 0.3 is 0 Å². The number of para-hydroxylation sites is 2. The third kappa shape index (κ3) is 6.31. The van der Waals surface area contributed by atoms with E-state index in [2.05, 4.69) is 20.4 Å². The molecule has 0 saturated carbocycles. The van der Waals surface area contributed by atoms with Gasteiger partial charge in [0, 0.05) is 43.9 Å². The lowest BCUT2D eigenvalue weighted by atomic mass is 10.2. The van der Waals surface area contributed by atoms with Gasteiger partial charge in [-0.15, -0.1) is 0 Å². The Balaban J connectivity index is 1.38. The maximum absolute atomic E-state index is 12.9. The molecule has 1 fully saturated rings. The first-order chi connectivity index (χ1) is 18.0. The zero-order chi connectivity index (χ0) is 26.2. The maximum atomic E-state index is 12.9. The molecule has 9 nitrogen and oxygen atoms in total. The highest BCUT2D eigenvalue weighted by Crippen LogP contribution is 2.37. The Kier molecular flexibility index (Phi) is 8.48. The summed E-state index contributed by atoms with van der Waals surface area (Å²) in [5.74, 6) is 1.24. The van der Waals surface area contributed by atoms with Crippen molar-refractivity contribution in [3.05, 3.63) is 72.3 Å². The highest BCUT2D eigenvalue weighted by Gasteiger charge is 2.22. The molecule has 0 spiro atoms. The van der Waals surface area contributed by atoms with Gasteiger partial charge in [-0.3, -0.25) is 14.5 Å². The second kappa shape index (κ2) is 12.1. The van der Waals surface area contributed by atoms with E-state index in [1.165, 1.54) is 14.2 Å². The minimum atomic E-state index is -0.273. The first kappa shape index (κ1) is 25.8. The molecule has 0 unspecified atom stereocenters. The van der Waals surface area contributed by atoms with E-state index in [0.29, 0.717) is 28.4 Å². The first-order valence-corrected chi connectivity index (χ1v) is 12.0. The predicted molar refractivity (Wildman–Crippen MR) is 144 cm³/mol. The van der Waals surface area contributed by atoms with Gasteiger partial charge in [0.2, 0.25) is 5.91 Å². The molecule has 2 N–H and O–H groups in total. The number of nitrogens with one attached hydrogen (secondary N) is 2. The van der Waals surface area contributed by atoms with Crippen molar-refractivity contribution in [1.82, 2.24) is 4.90 Å². The zero-order valence-electron chi connectivity index (χ0n) is 21.3. The molecule has 0 aromatic heterocycles. The normalized spacial score (nSPS) is 13.5. The van der Waals surface area contributed by atoms with E-state index in [4.69, 9.17) is 14.2 Å². The topological polar surface area (TPSA) is 92.4 Å². The van der Waals surface area contributed by atoms with Crippen LogP contribution in [0.25, 0.3) is 0 Å². The summed E-state index contributed by atoms with van der Waals surface area (Å²) in [6.45, 7) is 3.33. The molecule has 0 bridgehead atoms. The van der Waals surface area contributed by atoms with Crippen LogP contribution in [0.1, 0.15) is 10.4 Å². The number of anilines is 3. The Morgan fingerprint density at radius 1 is 0.730 bits per heavy atom. The lowest BCUT2D eigenvalue weighted by Crippen LogP contribution is -2.48. The maximum Gasteiger partial charge on any atom is 0.255 e. The van der Waals surface area contributed by atoms with Crippen molar-refractivity contribution in [2.24, 2.45) is 0 Å². The number of rotatable bonds is 9. The fourth-order valence-corrected chi connectivity index (χ4v) is 4.31. The lowest BCUT2D eigenvalue weighted by molar-refractivity contribution is -0.117. The van der Waals surface area contributed by atoms with Gasteiger partial charge in [0.05, 0.1) is 44.9 Å². The number of methoxy groups -OCH3 is 3. The SMILES string of the molecule is COc1cc(NC(=O)c2ccccc2)c(OC)cc1NC(=O)CN1CCN(c2ccccc2OC)CC1. The molecule has 1 aliphatic heterocycles. The fraction of sp³-hybridized carbons (Fsp3) is 0.286. The Hall–Kier alpha value is -4.24. The molecule has 0 aliphatic carbocycles. The summed E-state index contributed by atoms with van der Waals surface area (Å²) in [6.07, 6.45) is 0. The van der Waals surface area contributed by atoms with Crippen molar-refractivity contribution >= 4 is 28.9 Å². The number of carbonyl (C=O) groups excluding carboxylic acids is 2. The van der Waals surface area contributed by atoms with Gasteiger partial charge in [0.25, 0.3) is 5.91 Å². The van der Waals surface area contributed by atoms with Crippen LogP contribution in [-0.2, 0) is 4.79 Å². The number of ether oxygens (including phenoxy) is 3. The van der Waals surface area contributed by atoms with Gasteiger partial charge in [-0.1, -0.05) is 30.3 Å². The highest BCUT2D eigenvalue weighted by atomic mass is 16.5. The van der Waals surface area contributed by atoms with Crippen LogP contribution in [0, 0.1) is 0 Å². The van der Waals surface area contributed by atoms with E-state index >= 15 is 0 Å². The van der Waals surface area contributed by atoms with Crippen LogP contribution in [-0.4, -0.2) is 70.8 Å². The summed E-state index contributed by atoms with van der Waals surface area (Å²) in [6, 6.07) is 20.1. The highest BCUT2D eigenvalue weighted by molar-refractivity contribution is 6.05. The third-order valence-electron chi connectivity index (χ3n) is 6.25. The molecule has 4 rings (SSSR count). The summed E-state index contributed by atoms with van der Waals surface area (Å²) in [7, 11) is 4.69. The summed E-state index contributed by atoms with van der Waals surface area (Å²) in [4.78, 5) is 29.9. The summed E-state index contributed by atoms with van der Waals surface area (Å²) in [5.41, 5.74) is 2.49. The largest absolute Gasteiger partial charge is 0.495 e. The van der Waals surface area contributed by atoms with Crippen LogP contribution in [0.5, 0.6) is 17.2 Å². The number of carbonyl (C=O) groups is 2. The minimum Gasteiger partial charge on any atom is -0.495 e. The van der Waals surface area contributed by atoms with Crippen LogP contribution in [0.15, 0.2) is 66.7 Å². The van der Waals surface area contributed by atoms with Gasteiger partial charge in [-0.2, -0.15) is 0 Å². The van der Waals surface area contributed by atoms with Crippen LogP contribution in [0.3, 0.4) is 0 Å². The first-order valence-electron chi connectivity index (χ1n) is 12.0. The molecule has 3 aromatic carbocycles. The van der Waals surface area contributed by atoms with E-state index < -0.39 is 0 Å². The molecular formula is C28H32N4O5. The van der Waals surface area contributed by atoms with Crippen LogP contribution in [0.4, 0.5) is 17.1 Å². The molecule has 1 heterocycles. The zero-order valence-corrected chi connectivity index (χ0v) is 21.3. The fourth-order valence-electron chi connectivity index (χ4n) is 4.31. The van der Waals surface area contributed by atoms with Crippen LogP contribution in [0.2, 0.25) is 0 Å². The molecular weight excluding hydrogens is 472 g/mol. The van der Waals surface area contributed by atoms with Crippen molar-refractivity contribution in [1.29, 1.82) is 0 Å². The van der Waals surface area contributed by atoms with Crippen LogP contribution >= 0.6 is 0 Å². The summed E-state index contributed by atoms with van der Waals surface area (Å²) < 4.78 is 16.5. The molecule has 0 radical (unpaired) electrons. The Bertz CT molecular complexity index is 1230. The second-order valence-corrected chi connectivity index (χ2v) is 8.56. The monoisotopic (exact) mass is 504 g/mol. The minimum absolute atomic E-state index is 0.160. The average molecular weight is 505 g/mol. The van der Waals surface area contributed by atoms with E-state index in [9.17, 15) is 9.59 Å². The van der Waals surface area contributed by atoms with Gasteiger partial charge in [-0.25, -0.2) is 0 Å². The molecule has 1 aliphatic rings. The molecule has 37 heavy (non-hydrogen) atoms. The summed E-state index contributed by atoms with van der Waals surface area (Å²) >= 11 is 0. The number of hydrogen-bond acceptors (Lipinski definition) is 7. The van der Waals surface area contributed by atoms with Crippen molar-refractivity contribution in [3.63, 3.8) is 0 Å². The van der Waals surface area contributed by atoms with E-state index in [1.807, 2.05) is 30.3 Å². The Labute approximate surface area is 216 Å². The second-order valence-electron chi connectivity index (χ2n) is 8.56. The number of benzene rings is 3. The van der Waals surface area contributed by atoms with Crippen molar-refractivity contribution in [3.8, 4) is 17.2 Å². The molecule has 2 amide bonds. The lowest BCUT2D eigenvalue weighted by Gasteiger charge is -2.36. The third-order valence-corrected chi connectivity index (χ3v) is 6.25. The average Bonchev–Trinajstić information content (AvgIpc) is 2.94. The number of piperazine rings is 1. The van der Waals surface area contributed by atoms with E-state index in [1.54, 1.807) is 43.5 Å². The van der Waals surface area contributed by atoms with Crippen molar-refractivity contribution in [2.75, 3.05) is 69.6 Å². The smallest absolute Gasteiger partial charge is 0.255 e. The van der Waals surface area contributed by atoms with Gasteiger partial charge in [0.15, 0.2) is 0 Å². The molecule has 0 atom stereocenters. The molecule has 194 valence electrons. The standard InChI is InChI=1S/C28H32N4O5/c1-35-24-12-8-7-11-23(24)32-15-13-31(14-16-32)19-27(33)29-21-17-26(37-3)22(18-25(21)36-2)30-28(34)20-9-5-4-6-10-20/h4-12,17-18H,13-16,19H2,1-3H3,(H,29,33)(H,30,34). The van der Waals surface area contributed by atoms with Crippen LogP contribution < -0.4 is 29.7 Å². The van der Waals surface area contributed by atoms with Crippen molar-refractivity contribution in [2.45, 2.75) is 0 Å². The number of amides is 2. The van der Waals surface area contributed by atoms with E-state index in [-0.39, 0.29) is 18.4 Å². The molecule has 9 heteroatoms. The number of nitrogens with zero attached hydrogens (tertiary/aromatic N) is 2. The number of hydrogen-bond donors (Lipinski definition) is 2. The van der Waals surface area contributed by atoms with Gasteiger partial charge in [0.1, 0.15) is 17.2 Å². The quantitative estimate of drug-likeness (QED) is 0.459. The van der Waals surface area contributed by atoms with Gasteiger partial charge in [-0.05, 0) is 24.3 Å². The summed E-state index contributed by atoms with van der Waals surface area (Å²) in [5, 5.41) is 5.77. The molecule has 1 saturated heterocycles. The Morgan fingerprint density at radius 2 is 1.30 bits per heavy atom. The molecule has 3 aromatic rings. The Morgan fingerprint density at radius 3 is 1.92 bits per heavy atom. The van der Waals surface area contributed by atoms with Gasteiger partial charge < -0.3 is 29.7 Å².